The minimum absolute atomic E-state index is 0.0757. The van der Waals surface area contributed by atoms with Crippen molar-refractivity contribution in [3.63, 3.8) is 0 Å². The lowest BCUT2D eigenvalue weighted by molar-refractivity contribution is 0.469. The summed E-state index contributed by atoms with van der Waals surface area (Å²) in [4.78, 5) is 0.669. The molecule has 0 saturated heterocycles. The van der Waals surface area contributed by atoms with Gasteiger partial charge in [0.15, 0.2) is 5.82 Å². The zero-order chi connectivity index (χ0) is 19.6. The number of nitrogens with zero attached hydrogens (tertiary/aromatic N) is 3. The van der Waals surface area contributed by atoms with Crippen LogP contribution >= 0.6 is 11.8 Å². The topological polar surface area (TPSA) is 121 Å². The largest absolute Gasteiger partial charge is 0.506 e. The number of hydrogen-bond donors (Lipinski definition) is 3. The summed E-state index contributed by atoms with van der Waals surface area (Å²) in [6, 6.07) is 16.8. The highest BCUT2D eigenvalue weighted by Gasteiger charge is 2.18. The maximum absolute atomic E-state index is 12.8. The number of tetrazole rings is 1. The van der Waals surface area contributed by atoms with Gasteiger partial charge in [-0.15, -0.1) is 22.0 Å². The average molecular weight is 413 g/mol. The summed E-state index contributed by atoms with van der Waals surface area (Å²) in [5.74, 6) is 0.920. The number of benzene rings is 3. The quantitative estimate of drug-likeness (QED) is 0.328. The molecule has 0 amide bonds. The Hall–Kier alpha value is -3.11. The number of aromatic nitrogens is 4. The van der Waals surface area contributed by atoms with Gasteiger partial charge in [0.05, 0.1) is 21.2 Å². The summed E-state index contributed by atoms with van der Waals surface area (Å²) in [6.07, 6.45) is 0. The number of hydrogen-bond acceptors (Lipinski definition) is 7. The molecule has 4 rings (SSSR count). The minimum Gasteiger partial charge on any atom is -0.506 e. The van der Waals surface area contributed by atoms with Crippen LogP contribution in [0.15, 0.2) is 70.5 Å². The smallest absolute Gasteiger partial charge is 0.261 e. The number of H-pyrrole nitrogens is 1. The molecule has 0 bridgehead atoms. The van der Waals surface area contributed by atoms with Crippen LogP contribution in [0.2, 0.25) is 0 Å². The van der Waals surface area contributed by atoms with Gasteiger partial charge < -0.3 is 5.11 Å². The molecule has 3 N–H and O–H groups in total. The molecule has 1 heterocycles. The zero-order valence-electron chi connectivity index (χ0n) is 14.4. The van der Waals surface area contributed by atoms with Gasteiger partial charge in [-0.05, 0) is 18.2 Å². The maximum atomic E-state index is 12.8. The lowest BCUT2D eigenvalue weighted by Crippen LogP contribution is -2.13. The van der Waals surface area contributed by atoms with E-state index in [1.54, 1.807) is 48.5 Å². The first-order valence-corrected chi connectivity index (χ1v) is 10.7. The second kappa shape index (κ2) is 7.49. The van der Waals surface area contributed by atoms with E-state index in [0.29, 0.717) is 32.9 Å². The van der Waals surface area contributed by atoms with Gasteiger partial charge in [0, 0.05) is 10.8 Å². The highest BCUT2D eigenvalue weighted by Crippen LogP contribution is 2.41. The Kier molecular flexibility index (Phi) is 4.88. The number of nitrogens with one attached hydrogen (secondary N) is 2. The molecule has 0 unspecified atom stereocenters. The first kappa shape index (κ1) is 18.3. The molecule has 1 aromatic heterocycles. The number of thioether (sulfide) groups is 1. The zero-order valence-corrected chi connectivity index (χ0v) is 16.0. The van der Waals surface area contributed by atoms with Crippen molar-refractivity contribution in [2.24, 2.45) is 0 Å². The Bertz CT molecular complexity index is 1210. The van der Waals surface area contributed by atoms with Crippen LogP contribution in [-0.2, 0) is 15.8 Å². The fourth-order valence-corrected chi connectivity index (χ4v) is 4.66. The van der Waals surface area contributed by atoms with Crippen molar-refractivity contribution >= 4 is 38.2 Å². The maximum Gasteiger partial charge on any atom is 0.261 e. The molecular formula is C18H15N5O3S2. The average Bonchev–Trinajstić information content (AvgIpc) is 3.23. The van der Waals surface area contributed by atoms with Crippen molar-refractivity contribution in [3.8, 4) is 5.75 Å². The number of fused-ring (bicyclic) bond motifs is 1. The van der Waals surface area contributed by atoms with Crippen LogP contribution in [0.25, 0.3) is 10.8 Å². The van der Waals surface area contributed by atoms with Gasteiger partial charge in [-0.1, -0.05) is 47.7 Å². The molecule has 0 radical (unpaired) electrons. The van der Waals surface area contributed by atoms with Gasteiger partial charge in [0.2, 0.25) is 0 Å². The van der Waals surface area contributed by atoms with Crippen molar-refractivity contribution in [1.29, 1.82) is 0 Å². The Morgan fingerprint density at radius 3 is 2.46 bits per heavy atom. The van der Waals surface area contributed by atoms with Crippen LogP contribution in [0.1, 0.15) is 5.82 Å². The van der Waals surface area contributed by atoms with Crippen molar-refractivity contribution in [2.45, 2.75) is 15.5 Å². The number of phenols is 1. The molecule has 28 heavy (non-hydrogen) atoms. The third kappa shape index (κ3) is 3.64. The van der Waals surface area contributed by atoms with Crippen LogP contribution in [0.5, 0.6) is 5.75 Å². The molecule has 0 atom stereocenters. The van der Waals surface area contributed by atoms with Crippen molar-refractivity contribution in [3.05, 3.63) is 66.5 Å². The van der Waals surface area contributed by atoms with E-state index in [0.717, 1.165) is 0 Å². The molecule has 0 spiro atoms. The van der Waals surface area contributed by atoms with Crippen LogP contribution in [0.3, 0.4) is 0 Å². The van der Waals surface area contributed by atoms with Crippen LogP contribution in [0, 0.1) is 0 Å². The standard InChI is InChI=1S/C18H15N5O3S2/c24-18-14-9-5-4-8-13(14)15(10-16(18)27-11-17-19-22-23-20-17)21-28(25,26)12-6-2-1-3-7-12/h1-10,21,24H,11H2,(H,19,20,22,23). The molecule has 0 aliphatic heterocycles. The molecule has 0 aliphatic rings. The highest BCUT2D eigenvalue weighted by molar-refractivity contribution is 7.98. The molecule has 0 aliphatic carbocycles. The van der Waals surface area contributed by atoms with Gasteiger partial charge in [0.1, 0.15) is 5.75 Å². The molecule has 10 heteroatoms. The lowest BCUT2D eigenvalue weighted by Gasteiger charge is -2.14. The molecule has 8 nitrogen and oxygen atoms in total. The van der Waals surface area contributed by atoms with Crippen molar-refractivity contribution in [2.75, 3.05) is 4.72 Å². The summed E-state index contributed by atoms with van der Waals surface area (Å²) in [5.41, 5.74) is 0.382. The molecule has 142 valence electrons. The summed E-state index contributed by atoms with van der Waals surface area (Å²) >= 11 is 1.29. The van der Waals surface area contributed by atoms with Crippen LogP contribution in [-0.4, -0.2) is 34.1 Å². The van der Waals surface area contributed by atoms with E-state index < -0.39 is 10.0 Å². The van der Waals surface area contributed by atoms with E-state index in [1.165, 1.54) is 23.9 Å². The van der Waals surface area contributed by atoms with E-state index in [4.69, 9.17) is 0 Å². The second-order valence-corrected chi connectivity index (χ2v) is 8.55. The molecule has 0 saturated carbocycles. The predicted octanol–water partition coefficient (Wildman–Crippen LogP) is 3.15. The van der Waals surface area contributed by atoms with Gasteiger partial charge in [0.25, 0.3) is 10.0 Å². The van der Waals surface area contributed by atoms with E-state index in [-0.39, 0.29) is 10.6 Å². The van der Waals surface area contributed by atoms with Gasteiger partial charge >= 0.3 is 0 Å². The van der Waals surface area contributed by atoms with Crippen LogP contribution in [0.4, 0.5) is 5.69 Å². The second-order valence-electron chi connectivity index (χ2n) is 5.85. The Labute approximate surface area is 165 Å². The number of aromatic amines is 1. The van der Waals surface area contributed by atoms with Crippen molar-refractivity contribution < 1.29 is 13.5 Å². The highest BCUT2D eigenvalue weighted by atomic mass is 32.2. The third-order valence-electron chi connectivity index (χ3n) is 4.02. The summed E-state index contributed by atoms with van der Waals surface area (Å²) < 4.78 is 28.2. The Balaban J connectivity index is 1.75. The van der Waals surface area contributed by atoms with E-state index >= 15 is 0 Å². The summed E-state index contributed by atoms with van der Waals surface area (Å²) in [5, 5.41) is 25.4. The minimum atomic E-state index is -3.77. The predicted molar refractivity (Wildman–Crippen MR) is 107 cm³/mol. The summed E-state index contributed by atoms with van der Waals surface area (Å²) in [7, 11) is -3.77. The fraction of sp³-hybridized carbons (Fsp3) is 0.0556. The van der Waals surface area contributed by atoms with Crippen molar-refractivity contribution in [1.82, 2.24) is 20.6 Å². The Morgan fingerprint density at radius 2 is 1.75 bits per heavy atom. The van der Waals surface area contributed by atoms with Gasteiger partial charge in [-0.25, -0.2) is 8.42 Å². The SMILES string of the molecule is O=S(=O)(Nc1cc(SCc2nn[nH]n2)c(O)c2ccccc12)c1ccccc1. The third-order valence-corrected chi connectivity index (χ3v) is 6.43. The van der Waals surface area contributed by atoms with Gasteiger partial charge in [-0.3, -0.25) is 4.72 Å². The first-order valence-electron chi connectivity index (χ1n) is 8.22. The molecule has 4 aromatic rings. The van der Waals surface area contributed by atoms with E-state index in [1.807, 2.05) is 0 Å². The monoisotopic (exact) mass is 413 g/mol. The lowest BCUT2D eigenvalue weighted by atomic mass is 10.1. The molecule has 3 aromatic carbocycles. The summed E-state index contributed by atoms with van der Waals surface area (Å²) in [6.45, 7) is 0. The first-order chi connectivity index (χ1) is 13.5. The number of anilines is 1. The van der Waals surface area contributed by atoms with Gasteiger partial charge in [-0.2, -0.15) is 5.21 Å². The number of phenolic OH excluding ortho intramolecular Hbond substituents is 1. The van der Waals surface area contributed by atoms with E-state index in [9.17, 15) is 13.5 Å². The Morgan fingerprint density at radius 1 is 1.04 bits per heavy atom. The fourth-order valence-electron chi connectivity index (χ4n) is 2.72. The normalized spacial score (nSPS) is 11.6. The van der Waals surface area contributed by atoms with Crippen LogP contribution < -0.4 is 4.72 Å². The number of rotatable bonds is 6. The number of sulfonamides is 1. The van der Waals surface area contributed by atoms with E-state index in [2.05, 4.69) is 25.3 Å². The molecule has 0 fully saturated rings. The number of aromatic hydroxyl groups is 1. The molecular weight excluding hydrogens is 398 g/mol.